The Bertz CT molecular complexity index is 4040. The minimum atomic E-state index is 0.906. The molecule has 0 aliphatic heterocycles. The van der Waals surface area contributed by atoms with Crippen molar-refractivity contribution in [2.75, 3.05) is 0 Å². The van der Waals surface area contributed by atoms with Gasteiger partial charge in [-0.1, -0.05) is 182 Å². The summed E-state index contributed by atoms with van der Waals surface area (Å²) in [6, 6.07) is 76.3. The zero-order valence-corrected chi connectivity index (χ0v) is 33.0. The Balaban J connectivity index is 0.881. The monoisotopic (exact) mass is 770 g/mol. The average molecular weight is 771 g/mol. The second-order valence-corrected chi connectivity index (χ2v) is 16.8. The standard InChI is InChI=1S/C60H34O/c1-2-10-54-52(9-1)59-53(38-17-15-37(16-18-38)48-29-24-44-22-20-40-6-4-8-42-26-32-51(48)58(44)56(40)42)34-46-33-45(27-30-49(46)60(59)61-54)35-11-13-36(14-12-35)47-28-23-43-21-19-39-5-3-7-41-25-31-50(47)57(43)55(39)41/h1-34H. The van der Waals surface area contributed by atoms with Crippen LogP contribution in [0, 0.1) is 0 Å². The maximum Gasteiger partial charge on any atom is 0.143 e. The minimum Gasteiger partial charge on any atom is -0.455 e. The molecule has 0 unspecified atom stereocenters. The molecular formula is C60H34O. The second kappa shape index (κ2) is 12.3. The van der Waals surface area contributed by atoms with E-state index < -0.39 is 0 Å². The fourth-order valence-electron chi connectivity index (χ4n) is 10.7. The number of fused-ring (bicyclic) bond motifs is 5. The van der Waals surface area contributed by atoms with Crippen molar-refractivity contribution >= 4 is 97.3 Å². The molecule has 14 aromatic rings. The maximum absolute atomic E-state index is 6.71. The molecular weight excluding hydrogens is 737 g/mol. The zero-order valence-electron chi connectivity index (χ0n) is 33.0. The molecule has 0 bridgehead atoms. The molecule has 14 rings (SSSR count). The molecule has 0 spiro atoms. The fraction of sp³-hybridized carbons (Fsp3) is 0. The normalized spacial score (nSPS) is 12.3. The third-order valence-electron chi connectivity index (χ3n) is 13.6. The number of rotatable bonds is 4. The highest BCUT2D eigenvalue weighted by molar-refractivity contribution is 6.27. The van der Waals surface area contributed by atoms with Crippen molar-refractivity contribution in [2.45, 2.75) is 0 Å². The van der Waals surface area contributed by atoms with Gasteiger partial charge in [0.1, 0.15) is 11.2 Å². The lowest BCUT2D eigenvalue weighted by Crippen LogP contribution is -1.88. The van der Waals surface area contributed by atoms with Gasteiger partial charge in [0.25, 0.3) is 0 Å². The lowest BCUT2D eigenvalue weighted by molar-refractivity contribution is 0.673. The van der Waals surface area contributed by atoms with Crippen LogP contribution in [0.2, 0.25) is 0 Å². The Hall–Kier alpha value is -8.00. The van der Waals surface area contributed by atoms with Crippen molar-refractivity contribution in [3.63, 3.8) is 0 Å². The maximum atomic E-state index is 6.71. The SMILES string of the molecule is c1cc2ccc3ccc(-c4ccc(-c5ccc6c(c5)cc(-c5ccc(-c7ccc8ccc9cccc%10ccc7c8c9%10)cc5)c5c7ccccc7oc65)cc4)c4ccc(c1)c2c34. The van der Waals surface area contributed by atoms with Gasteiger partial charge in [0, 0.05) is 16.2 Å². The largest absolute Gasteiger partial charge is 0.455 e. The number of para-hydroxylation sites is 1. The van der Waals surface area contributed by atoms with Gasteiger partial charge in [-0.05, 0) is 139 Å². The highest BCUT2D eigenvalue weighted by Gasteiger charge is 2.19. The summed E-state index contributed by atoms with van der Waals surface area (Å²) in [4.78, 5) is 0. The van der Waals surface area contributed by atoms with Gasteiger partial charge in [0.15, 0.2) is 0 Å². The summed E-state index contributed by atoms with van der Waals surface area (Å²) in [5.74, 6) is 0. The van der Waals surface area contributed by atoms with E-state index in [0.717, 1.165) is 32.7 Å². The predicted molar refractivity (Wildman–Crippen MR) is 260 cm³/mol. The lowest BCUT2D eigenvalue weighted by atomic mass is 9.89. The number of benzene rings is 13. The van der Waals surface area contributed by atoms with E-state index in [4.69, 9.17) is 4.42 Å². The van der Waals surface area contributed by atoms with Gasteiger partial charge in [-0.25, -0.2) is 0 Å². The molecule has 0 radical (unpaired) electrons. The van der Waals surface area contributed by atoms with Crippen molar-refractivity contribution in [3.8, 4) is 44.5 Å². The van der Waals surface area contributed by atoms with E-state index in [2.05, 4.69) is 206 Å². The van der Waals surface area contributed by atoms with E-state index >= 15 is 0 Å². The Labute approximate surface area is 351 Å². The first-order chi connectivity index (χ1) is 30.2. The van der Waals surface area contributed by atoms with Gasteiger partial charge in [-0.3, -0.25) is 0 Å². The molecule has 0 saturated carbocycles. The highest BCUT2D eigenvalue weighted by atomic mass is 16.3. The molecule has 0 saturated heterocycles. The van der Waals surface area contributed by atoms with Crippen LogP contribution in [0.1, 0.15) is 0 Å². The molecule has 1 heteroatoms. The van der Waals surface area contributed by atoms with E-state index in [0.29, 0.717) is 0 Å². The summed E-state index contributed by atoms with van der Waals surface area (Å²) in [6.07, 6.45) is 0. The molecule has 0 fully saturated rings. The van der Waals surface area contributed by atoms with E-state index in [-0.39, 0.29) is 0 Å². The Morgan fingerprint density at radius 3 is 1.25 bits per heavy atom. The van der Waals surface area contributed by atoms with Gasteiger partial charge in [-0.15, -0.1) is 0 Å². The van der Waals surface area contributed by atoms with Crippen LogP contribution in [-0.2, 0) is 0 Å². The summed E-state index contributed by atoms with van der Waals surface area (Å²) < 4.78 is 6.71. The van der Waals surface area contributed by atoms with Gasteiger partial charge >= 0.3 is 0 Å². The van der Waals surface area contributed by atoms with E-state index in [1.54, 1.807) is 0 Å². The fourth-order valence-corrected chi connectivity index (χ4v) is 10.7. The molecule has 1 nitrogen and oxygen atoms in total. The van der Waals surface area contributed by atoms with Crippen molar-refractivity contribution in [1.82, 2.24) is 0 Å². The van der Waals surface area contributed by atoms with E-state index in [9.17, 15) is 0 Å². The van der Waals surface area contributed by atoms with Crippen LogP contribution in [0.5, 0.6) is 0 Å². The third kappa shape index (κ3) is 4.72. The second-order valence-electron chi connectivity index (χ2n) is 16.8. The summed E-state index contributed by atoms with van der Waals surface area (Å²) in [6.45, 7) is 0. The molecule has 1 aromatic heterocycles. The number of hydrogen-bond acceptors (Lipinski definition) is 1. The number of furan rings is 1. The third-order valence-corrected chi connectivity index (χ3v) is 13.6. The van der Waals surface area contributed by atoms with Crippen molar-refractivity contribution in [2.24, 2.45) is 0 Å². The van der Waals surface area contributed by atoms with Crippen molar-refractivity contribution in [3.05, 3.63) is 206 Å². The molecule has 0 N–H and O–H groups in total. The van der Waals surface area contributed by atoms with Gasteiger partial charge in [0.05, 0.1) is 0 Å². The smallest absolute Gasteiger partial charge is 0.143 e. The van der Waals surface area contributed by atoms with Crippen molar-refractivity contribution in [1.29, 1.82) is 0 Å². The lowest BCUT2D eigenvalue weighted by Gasteiger charge is -2.15. The Morgan fingerprint density at radius 2 is 0.672 bits per heavy atom. The van der Waals surface area contributed by atoms with Gasteiger partial charge in [0.2, 0.25) is 0 Å². The van der Waals surface area contributed by atoms with Crippen LogP contribution < -0.4 is 0 Å². The van der Waals surface area contributed by atoms with Gasteiger partial charge in [-0.2, -0.15) is 0 Å². The van der Waals surface area contributed by atoms with Crippen LogP contribution >= 0.6 is 0 Å². The Morgan fingerprint density at radius 1 is 0.230 bits per heavy atom. The minimum absolute atomic E-state index is 0.906. The van der Waals surface area contributed by atoms with Crippen LogP contribution in [-0.4, -0.2) is 0 Å². The molecule has 0 aliphatic carbocycles. The molecule has 0 aliphatic rings. The molecule has 0 amide bonds. The number of hydrogen-bond donors (Lipinski definition) is 0. The van der Waals surface area contributed by atoms with Crippen LogP contribution in [0.3, 0.4) is 0 Å². The first kappa shape index (κ1) is 32.9. The molecule has 13 aromatic carbocycles. The van der Waals surface area contributed by atoms with Crippen LogP contribution in [0.15, 0.2) is 211 Å². The predicted octanol–water partition coefficient (Wildman–Crippen LogP) is 17.2. The Kier molecular flexibility index (Phi) is 6.62. The topological polar surface area (TPSA) is 13.1 Å². The summed E-state index contributed by atoms with van der Waals surface area (Å²) in [5, 5.41) is 20.3. The summed E-state index contributed by atoms with van der Waals surface area (Å²) in [7, 11) is 0. The molecule has 280 valence electrons. The quantitative estimate of drug-likeness (QED) is 0.162. The van der Waals surface area contributed by atoms with Gasteiger partial charge < -0.3 is 4.42 Å². The van der Waals surface area contributed by atoms with Crippen LogP contribution in [0.4, 0.5) is 0 Å². The molecule has 61 heavy (non-hydrogen) atoms. The van der Waals surface area contributed by atoms with E-state index in [1.165, 1.54) is 109 Å². The molecule has 1 heterocycles. The zero-order chi connectivity index (χ0) is 39.8. The summed E-state index contributed by atoms with van der Waals surface area (Å²) >= 11 is 0. The molecule has 0 atom stereocenters. The first-order valence-electron chi connectivity index (χ1n) is 21.1. The summed E-state index contributed by atoms with van der Waals surface area (Å²) in [5.41, 5.74) is 11.5. The van der Waals surface area contributed by atoms with Crippen LogP contribution in [0.25, 0.3) is 142 Å². The average Bonchev–Trinajstić information content (AvgIpc) is 3.72. The van der Waals surface area contributed by atoms with Crippen molar-refractivity contribution < 1.29 is 4.42 Å². The van der Waals surface area contributed by atoms with E-state index in [1.807, 2.05) is 0 Å². The highest BCUT2D eigenvalue weighted by Crippen LogP contribution is 2.45. The first-order valence-corrected chi connectivity index (χ1v) is 21.1.